The van der Waals surface area contributed by atoms with Crippen molar-refractivity contribution in [3.8, 4) is 17.0 Å². The predicted octanol–water partition coefficient (Wildman–Crippen LogP) is 3.05. The number of nitrogens with one attached hydrogen (secondary N) is 1. The van der Waals surface area contributed by atoms with Crippen LogP contribution in [0.25, 0.3) is 11.3 Å². The number of H-pyrrole nitrogens is 1. The number of hydrogen-bond acceptors (Lipinski definition) is 3. The summed E-state index contributed by atoms with van der Waals surface area (Å²) >= 11 is 0. The molecule has 0 spiro atoms. The van der Waals surface area contributed by atoms with E-state index < -0.39 is 0 Å². The minimum atomic E-state index is -0.0198. The minimum Gasteiger partial charge on any atom is -0.491 e. The van der Waals surface area contributed by atoms with Crippen LogP contribution in [0.15, 0.2) is 24.3 Å². The molecule has 0 radical (unpaired) electrons. The third-order valence-electron chi connectivity index (χ3n) is 3.31. The standard InChI is InChI=1S/C15H20N2O2/c1-4-10(2)19-13-7-5-12(6-8-13)15-11(3)14(9-18)16-17-15/h5-8,10,18H,4,9H2,1-3H3,(H,16,17). The SMILES string of the molecule is CCC(C)Oc1ccc(-c2n[nH]c(CO)c2C)cc1. The van der Waals surface area contributed by atoms with Gasteiger partial charge in [0.15, 0.2) is 0 Å². The second-order valence-corrected chi connectivity index (χ2v) is 4.69. The molecule has 102 valence electrons. The Hall–Kier alpha value is -1.81. The van der Waals surface area contributed by atoms with Gasteiger partial charge in [-0.05, 0) is 44.5 Å². The van der Waals surface area contributed by atoms with Crippen molar-refractivity contribution >= 4 is 0 Å². The van der Waals surface area contributed by atoms with E-state index in [1.807, 2.05) is 31.2 Å². The molecule has 19 heavy (non-hydrogen) atoms. The van der Waals surface area contributed by atoms with Crippen molar-refractivity contribution in [1.82, 2.24) is 10.2 Å². The van der Waals surface area contributed by atoms with Gasteiger partial charge in [-0.2, -0.15) is 5.10 Å². The van der Waals surface area contributed by atoms with E-state index in [2.05, 4.69) is 24.0 Å². The third kappa shape index (κ3) is 2.96. The molecule has 0 bridgehead atoms. The zero-order valence-electron chi connectivity index (χ0n) is 11.6. The smallest absolute Gasteiger partial charge is 0.119 e. The number of aromatic amines is 1. The van der Waals surface area contributed by atoms with Crippen LogP contribution in [-0.4, -0.2) is 21.4 Å². The molecule has 1 unspecified atom stereocenters. The fourth-order valence-corrected chi connectivity index (χ4v) is 1.88. The van der Waals surface area contributed by atoms with Gasteiger partial charge in [0.2, 0.25) is 0 Å². The summed E-state index contributed by atoms with van der Waals surface area (Å²) < 4.78 is 5.74. The molecular weight excluding hydrogens is 240 g/mol. The lowest BCUT2D eigenvalue weighted by molar-refractivity contribution is 0.217. The van der Waals surface area contributed by atoms with Gasteiger partial charge in [0, 0.05) is 11.1 Å². The first-order chi connectivity index (χ1) is 9.15. The van der Waals surface area contributed by atoms with Gasteiger partial charge in [-0.3, -0.25) is 5.10 Å². The van der Waals surface area contributed by atoms with Crippen molar-refractivity contribution in [2.24, 2.45) is 0 Å². The van der Waals surface area contributed by atoms with E-state index in [4.69, 9.17) is 9.84 Å². The lowest BCUT2D eigenvalue weighted by Crippen LogP contribution is -2.09. The van der Waals surface area contributed by atoms with Crippen molar-refractivity contribution in [3.05, 3.63) is 35.5 Å². The van der Waals surface area contributed by atoms with Gasteiger partial charge < -0.3 is 9.84 Å². The lowest BCUT2D eigenvalue weighted by atomic mass is 10.1. The van der Waals surface area contributed by atoms with Crippen LogP contribution in [0.2, 0.25) is 0 Å². The number of aliphatic hydroxyl groups is 1. The molecule has 1 aromatic carbocycles. The van der Waals surface area contributed by atoms with Crippen molar-refractivity contribution in [2.75, 3.05) is 0 Å². The van der Waals surface area contributed by atoms with Crippen LogP contribution in [0.3, 0.4) is 0 Å². The van der Waals surface area contributed by atoms with Gasteiger partial charge in [-0.15, -0.1) is 0 Å². The first kappa shape index (κ1) is 13.6. The molecule has 1 atom stereocenters. The molecule has 0 aliphatic heterocycles. The van der Waals surface area contributed by atoms with Crippen LogP contribution in [-0.2, 0) is 6.61 Å². The maximum absolute atomic E-state index is 9.16. The van der Waals surface area contributed by atoms with E-state index >= 15 is 0 Å². The van der Waals surface area contributed by atoms with Crippen LogP contribution in [0.1, 0.15) is 31.5 Å². The van der Waals surface area contributed by atoms with Crippen LogP contribution in [0.5, 0.6) is 5.75 Å². The topological polar surface area (TPSA) is 58.1 Å². The molecular formula is C15H20N2O2. The Bertz CT molecular complexity index is 532. The van der Waals surface area contributed by atoms with Crippen molar-refractivity contribution in [3.63, 3.8) is 0 Å². The zero-order valence-corrected chi connectivity index (χ0v) is 11.6. The Morgan fingerprint density at radius 2 is 2.00 bits per heavy atom. The minimum absolute atomic E-state index is 0.0198. The number of benzene rings is 1. The van der Waals surface area contributed by atoms with E-state index in [9.17, 15) is 0 Å². The maximum Gasteiger partial charge on any atom is 0.119 e. The Balaban J connectivity index is 2.20. The van der Waals surface area contributed by atoms with E-state index in [1.165, 1.54) is 0 Å². The monoisotopic (exact) mass is 260 g/mol. The molecule has 2 aromatic rings. The normalized spacial score (nSPS) is 12.4. The van der Waals surface area contributed by atoms with Gasteiger partial charge in [-0.25, -0.2) is 0 Å². The molecule has 0 aliphatic rings. The molecule has 0 saturated heterocycles. The molecule has 4 heteroatoms. The summed E-state index contributed by atoms with van der Waals surface area (Å²) in [4.78, 5) is 0. The number of nitrogens with zero attached hydrogens (tertiary/aromatic N) is 1. The molecule has 1 heterocycles. The molecule has 1 aromatic heterocycles. The Morgan fingerprint density at radius 3 is 2.53 bits per heavy atom. The first-order valence-corrected chi connectivity index (χ1v) is 6.57. The fourth-order valence-electron chi connectivity index (χ4n) is 1.88. The van der Waals surface area contributed by atoms with E-state index in [1.54, 1.807) is 0 Å². The highest BCUT2D eigenvalue weighted by Crippen LogP contribution is 2.25. The highest BCUT2D eigenvalue weighted by Gasteiger charge is 2.10. The summed E-state index contributed by atoms with van der Waals surface area (Å²) in [5, 5.41) is 16.2. The second-order valence-electron chi connectivity index (χ2n) is 4.69. The summed E-state index contributed by atoms with van der Waals surface area (Å²) in [6.45, 7) is 6.09. The molecule has 0 aliphatic carbocycles. The molecule has 0 saturated carbocycles. The van der Waals surface area contributed by atoms with Crippen molar-refractivity contribution in [2.45, 2.75) is 39.9 Å². The number of aromatic nitrogens is 2. The number of rotatable bonds is 5. The van der Waals surface area contributed by atoms with Crippen molar-refractivity contribution < 1.29 is 9.84 Å². The highest BCUT2D eigenvalue weighted by molar-refractivity contribution is 5.64. The maximum atomic E-state index is 9.16. The zero-order chi connectivity index (χ0) is 13.8. The van der Waals surface area contributed by atoms with Gasteiger partial charge >= 0.3 is 0 Å². The summed E-state index contributed by atoms with van der Waals surface area (Å²) in [5.74, 6) is 0.869. The number of ether oxygens (including phenoxy) is 1. The van der Waals surface area contributed by atoms with E-state index in [-0.39, 0.29) is 12.7 Å². The summed E-state index contributed by atoms with van der Waals surface area (Å²) in [6, 6.07) is 7.88. The largest absolute Gasteiger partial charge is 0.491 e. The van der Waals surface area contributed by atoms with Crippen LogP contribution in [0.4, 0.5) is 0 Å². The van der Waals surface area contributed by atoms with Crippen LogP contribution < -0.4 is 4.74 Å². The highest BCUT2D eigenvalue weighted by atomic mass is 16.5. The number of hydrogen-bond donors (Lipinski definition) is 2. The summed E-state index contributed by atoms with van der Waals surface area (Å²) in [7, 11) is 0. The van der Waals surface area contributed by atoms with Crippen LogP contribution >= 0.6 is 0 Å². The van der Waals surface area contributed by atoms with E-state index in [0.29, 0.717) is 0 Å². The van der Waals surface area contributed by atoms with Crippen LogP contribution in [0, 0.1) is 6.92 Å². The quantitative estimate of drug-likeness (QED) is 0.868. The molecule has 4 nitrogen and oxygen atoms in total. The van der Waals surface area contributed by atoms with Gasteiger partial charge in [0.1, 0.15) is 5.75 Å². The first-order valence-electron chi connectivity index (χ1n) is 6.57. The summed E-state index contributed by atoms with van der Waals surface area (Å²) in [6.07, 6.45) is 1.21. The Morgan fingerprint density at radius 1 is 1.32 bits per heavy atom. The predicted molar refractivity (Wildman–Crippen MR) is 75.1 cm³/mol. The molecule has 0 fully saturated rings. The summed E-state index contributed by atoms with van der Waals surface area (Å²) in [5.41, 5.74) is 3.64. The Labute approximate surface area is 113 Å². The average molecular weight is 260 g/mol. The second kappa shape index (κ2) is 5.89. The van der Waals surface area contributed by atoms with Gasteiger partial charge in [0.05, 0.1) is 24.1 Å². The molecule has 2 rings (SSSR count). The molecule has 0 amide bonds. The lowest BCUT2D eigenvalue weighted by Gasteiger charge is -2.12. The van der Waals surface area contributed by atoms with Gasteiger partial charge in [0.25, 0.3) is 0 Å². The van der Waals surface area contributed by atoms with E-state index in [0.717, 1.165) is 34.7 Å². The number of aliphatic hydroxyl groups excluding tert-OH is 1. The van der Waals surface area contributed by atoms with Gasteiger partial charge in [-0.1, -0.05) is 6.92 Å². The molecule has 2 N–H and O–H groups in total. The Kier molecular flexibility index (Phi) is 4.22. The average Bonchev–Trinajstić information content (AvgIpc) is 2.80. The fraction of sp³-hybridized carbons (Fsp3) is 0.400. The third-order valence-corrected chi connectivity index (χ3v) is 3.31. The van der Waals surface area contributed by atoms with Crippen molar-refractivity contribution in [1.29, 1.82) is 0 Å².